The molecule has 106 valence electrons. The lowest BCUT2D eigenvalue weighted by molar-refractivity contribution is 0.596. The summed E-state index contributed by atoms with van der Waals surface area (Å²) >= 11 is 5.93. The van der Waals surface area contributed by atoms with Gasteiger partial charge in [-0.15, -0.1) is 0 Å². The third-order valence-electron chi connectivity index (χ3n) is 2.63. The summed E-state index contributed by atoms with van der Waals surface area (Å²) in [7, 11) is -4.01. The SMILES string of the molecule is Cc1ccc(Cl)c(NS(=O)(=O)c2cc(F)ccc2N)c1. The van der Waals surface area contributed by atoms with Gasteiger partial charge in [0.15, 0.2) is 0 Å². The van der Waals surface area contributed by atoms with E-state index in [9.17, 15) is 12.8 Å². The van der Waals surface area contributed by atoms with Gasteiger partial charge in [-0.1, -0.05) is 17.7 Å². The van der Waals surface area contributed by atoms with E-state index in [0.717, 1.165) is 17.7 Å². The number of aryl methyl sites for hydroxylation is 1. The molecule has 0 saturated heterocycles. The number of halogens is 2. The van der Waals surface area contributed by atoms with Crippen LogP contribution in [0.1, 0.15) is 5.56 Å². The fraction of sp³-hybridized carbons (Fsp3) is 0.0769. The van der Waals surface area contributed by atoms with Gasteiger partial charge in [0.05, 0.1) is 16.4 Å². The van der Waals surface area contributed by atoms with Crippen molar-refractivity contribution in [2.45, 2.75) is 11.8 Å². The zero-order valence-electron chi connectivity index (χ0n) is 10.5. The highest BCUT2D eigenvalue weighted by molar-refractivity contribution is 7.92. The van der Waals surface area contributed by atoms with E-state index >= 15 is 0 Å². The molecule has 0 fully saturated rings. The minimum absolute atomic E-state index is 0.0392. The summed E-state index contributed by atoms with van der Waals surface area (Å²) in [5.41, 5.74) is 6.59. The zero-order chi connectivity index (χ0) is 14.9. The van der Waals surface area contributed by atoms with Crippen molar-refractivity contribution in [3.63, 3.8) is 0 Å². The summed E-state index contributed by atoms with van der Waals surface area (Å²) in [4.78, 5) is -0.324. The van der Waals surface area contributed by atoms with Gasteiger partial charge in [-0.2, -0.15) is 0 Å². The molecule has 4 nitrogen and oxygen atoms in total. The predicted molar refractivity (Wildman–Crippen MR) is 77.8 cm³/mol. The Morgan fingerprint density at radius 3 is 2.60 bits per heavy atom. The first kappa shape index (κ1) is 14.6. The van der Waals surface area contributed by atoms with Gasteiger partial charge in [-0.25, -0.2) is 12.8 Å². The smallest absolute Gasteiger partial charge is 0.264 e. The molecule has 0 aromatic heterocycles. The molecule has 0 aliphatic heterocycles. The maximum Gasteiger partial charge on any atom is 0.264 e. The fourth-order valence-electron chi connectivity index (χ4n) is 1.66. The number of hydrogen-bond donors (Lipinski definition) is 2. The molecule has 0 saturated carbocycles. The molecular formula is C13H12ClFN2O2S. The van der Waals surface area contributed by atoms with E-state index in [0.29, 0.717) is 0 Å². The molecule has 0 unspecified atom stereocenters. The molecule has 0 spiro atoms. The van der Waals surface area contributed by atoms with E-state index in [-0.39, 0.29) is 21.3 Å². The Bertz CT molecular complexity index is 763. The van der Waals surface area contributed by atoms with Crippen LogP contribution in [0.5, 0.6) is 0 Å². The van der Waals surface area contributed by atoms with Gasteiger partial charge in [-0.05, 0) is 42.8 Å². The van der Waals surface area contributed by atoms with Crippen molar-refractivity contribution < 1.29 is 12.8 Å². The molecule has 0 radical (unpaired) electrons. The zero-order valence-corrected chi connectivity index (χ0v) is 12.1. The molecule has 20 heavy (non-hydrogen) atoms. The topological polar surface area (TPSA) is 72.2 Å². The van der Waals surface area contributed by atoms with Crippen LogP contribution in [-0.2, 0) is 10.0 Å². The average molecular weight is 315 g/mol. The second-order valence-electron chi connectivity index (χ2n) is 4.27. The highest BCUT2D eigenvalue weighted by Crippen LogP contribution is 2.27. The van der Waals surface area contributed by atoms with Gasteiger partial charge in [0, 0.05) is 0 Å². The predicted octanol–water partition coefficient (Wildman–Crippen LogP) is 3.17. The molecule has 2 aromatic carbocycles. The molecule has 2 aromatic rings. The monoisotopic (exact) mass is 314 g/mol. The van der Waals surface area contributed by atoms with Crippen LogP contribution in [0.15, 0.2) is 41.3 Å². The molecule has 0 bridgehead atoms. The summed E-state index contributed by atoms with van der Waals surface area (Å²) in [6, 6.07) is 8.05. The third kappa shape index (κ3) is 3.02. The Balaban J connectivity index is 2.46. The molecule has 3 N–H and O–H groups in total. The Labute approximate surface area is 121 Å². The second kappa shape index (κ2) is 5.30. The van der Waals surface area contributed by atoms with E-state index in [1.54, 1.807) is 25.1 Å². The van der Waals surface area contributed by atoms with Gasteiger partial charge in [0.1, 0.15) is 10.7 Å². The van der Waals surface area contributed by atoms with Crippen molar-refractivity contribution >= 4 is 33.0 Å². The highest BCUT2D eigenvalue weighted by Gasteiger charge is 2.19. The molecule has 0 aliphatic rings. The van der Waals surface area contributed by atoms with Gasteiger partial charge >= 0.3 is 0 Å². The second-order valence-corrected chi connectivity index (χ2v) is 6.33. The molecular weight excluding hydrogens is 303 g/mol. The molecule has 0 atom stereocenters. The van der Waals surface area contributed by atoms with E-state index in [1.807, 2.05) is 0 Å². The largest absolute Gasteiger partial charge is 0.398 e. The van der Waals surface area contributed by atoms with Gasteiger partial charge in [-0.3, -0.25) is 4.72 Å². The van der Waals surface area contributed by atoms with E-state index < -0.39 is 15.8 Å². The Hall–Kier alpha value is -1.79. The Morgan fingerprint density at radius 2 is 1.90 bits per heavy atom. The minimum atomic E-state index is -4.01. The Morgan fingerprint density at radius 1 is 1.20 bits per heavy atom. The average Bonchev–Trinajstić information content (AvgIpc) is 2.36. The highest BCUT2D eigenvalue weighted by atomic mass is 35.5. The van der Waals surface area contributed by atoms with Crippen molar-refractivity contribution in [3.8, 4) is 0 Å². The van der Waals surface area contributed by atoms with Gasteiger partial charge < -0.3 is 5.73 Å². The fourth-order valence-corrected chi connectivity index (χ4v) is 3.09. The van der Waals surface area contributed by atoms with Gasteiger partial charge in [0.25, 0.3) is 10.0 Å². The lowest BCUT2D eigenvalue weighted by atomic mass is 10.2. The summed E-state index contributed by atoms with van der Waals surface area (Å²) in [5, 5.41) is 0.245. The van der Waals surface area contributed by atoms with Crippen molar-refractivity contribution in [1.29, 1.82) is 0 Å². The maximum atomic E-state index is 13.2. The van der Waals surface area contributed by atoms with Crippen LogP contribution < -0.4 is 10.5 Å². The van der Waals surface area contributed by atoms with Crippen molar-refractivity contribution in [2.24, 2.45) is 0 Å². The van der Waals surface area contributed by atoms with Gasteiger partial charge in [0.2, 0.25) is 0 Å². The van der Waals surface area contributed by atoms with Crippen molar-refractivity contribution in [2.75, 3.05) is 10.5 Å². The number of benzene rings is 2. The molecule has 0 aliphatic carbocycles. The molecule has 2 rings (SSSR count). The van der Waals surface area contributed by atoms with Crippen LogP contribution in [0.25, 0.3) is 0 Å². The first-order chi connectivity index (χ1) is 9.29. The van der Waals surface area contributed by atoms with E-state index in [2.05, 4.69) is 4.72 Å². The Kier molecular flexibility index (Phi) is 3.87. The normalized spacial score (nSPS) is 11.3. The third-order valence-corrected chi connectivity index (χ3v) is 4.38. The lowest BCUT2D eigenvalue weighted by Gasteiger charge is -2.12. The summed E-state index contributed by atoms with van der Waals surface area (Å²) < 4.78 is 39.9. The van der Waals surface area contributed by atoms with Crippen LogP contribution in [-0.4, -0.2) is 8.42 Å². The van der Waals surface area contributed by atoms with E-state index in [4.69, 9.17) is 17.3 Å². The standard InChI is InChI=1S/C13H12ClFN2O2S/c1-8-2-4-10(14)12(6-8)17-20(18,19)13-7-9(15)3-5-11(13)16/h2-7,17H,16H2,1H3. The molecule has 0 amide bonds. The van der Waals surface area contributed by atoms with Crippen LogP contribution in [0.4, 0.5) is 15.8 Å². The number of anilines is 2. The maximum absolute atomic E-state index is 13.2. The van der Waals surface area contributed by atoms with Crippen molar-refractivity contribution in [3.05, 3.63) is 52.8 Å². The summed E-state index contributed by atoms with van der Waals surface area (Å²) in [6.45, 7) is 1.80. The lowest BCUT2D eigenvalue weighted by Crippen LogP contribution is -2.15. The number of nitrogens with one attached hydrogen (secondary N) is 1. The van der Waals surface area contributed by atoms with Crippen molar-refractivity contribution in [1.82, 2.24) is 0 Å². The summed E-state index contributed by atoms with van der Waals surface area (Å²) in [5.74, 6) is -0.685. The molecule has 0 heterocycles. The van der Waals surface area contributed by atoms with Crippen LogP contribution in [0.2, 0.25) is 5.02 Å². The van der Waals surface area contributed by atoms with Crippen LogP contribution >= 0.6 is 11.6 Å². The number of sulfonamides is 1. The first-order valence-corrected chi connectivity index (χ1v) is 7.50. The number of nitrogen functional groups attached to an aromatic ring is 1. The van der Waals surface area contributed by atoms with Crippen LogP contribution in [0.3, 0.4) is 0 Å². The number of nitrogens with two attached hydrogens (primary N) is 1. The minimum Gasteiger partial charge on any atom is -0.398 e. The summed E-state index contributed by atoms with van der Waals surface area (Å²) in [6.07, 6.45) is 0. The number of rotatable bonds is 3. The quantitative estimate of drug-likeness (QED) is 0.855. The first-order valence-electron chi connectivity index (χ1n) is 5.63. The molecule has 7 heteroatoms. The number of hydrogen-bond acceptors (Lipinski definition) is 3. The van der Waals surface area contributed by atoms with Crippen LogP contribution in [0, 0.1) is 12.7 Å². The van der Waals surface area contributed by atoms with E-state index in [1.165, 1.54) is 6.07 Å².